The van der Waals surface area contributed by atoms with E-state index in [0.717, 1.165) is 12.1 Å². The van der Waals surface area contributed by atoms with Crippen molar-refractivity contribution >= 4 is 28.8 Å². The van der Waals surface area contributed by atoms with Crippen molar-refractivity contribution in [3.63, 3.8) is 0 Å². The molecule has 0 saturated heterocycles. The van der Waals surface area contributed by atoms with E-state index in [1.54, 1.807) is 13.0 Å². The Morgan fingerprint density at radius 2 is 2.30 bits per heavy atom. The fraction of sp³-hybridized carbons (Fsp3) is 0.429. The summed E-state index contributed by atoms with van der Waals surface area (Å²) in [6.07, 6.45) is 2.39. The number of thioether (sulfide) groups is 1. The highest BCUT2D eigenvalue weighted by atomic mass is 32.2. The van der Waals surface area contributed by atoms with Crippen LogP contribution in [0.4, 0.5) is 4.39 Å². The molecule has 1 aliphatic rings. The van der Waals surface area contributed by atoms with Gasteiger partial charge in [-0.15, -0.1) is 0 Å². The molecular weight excluding hydrogens is 279 g/mol. The summed E-state index contributed by atoms with van der Waals surface area (Å²) in [5, 5.41) is 9.47. The lowest BCUT2D eigenvalue weighted by Crippen LogP contribution is -2.04. The van der Waals surface area contributed by atoms with Gasteiger partial charge in [-0.1, -0.05) is 11.8 Å². The Labute approximate surface area is 120 Å². The first-order chi connectivity index (χ1) is 9.54. The summed E-state index contributed by atoms with van der Waals surface area (Å²) in [7, 11) is 0. The van der Waals surface area contributed by atoms with Crippen LogP contribution in [0.25, 0.3) is 11.0 Å². The lowest BCUT2D eigenvalue weighted by Gasteiger charge is -2.07. The summed E-state index contributed by atoms with van der Waals surface area (Å²) in [6, 6.07) is 3.23. The van der Waals surface area contributed by atoms with E-state index in [1.807, 2.05) is 4.57 Å². The van der Waals surface area contributed by atoms with Gasteiger partial charge in [0.1, 0.15) is 5.82 Å². The summed E-state index contributed by atoms with van der Waals surface area (Å²) in [4.78, 5) is 15.1. The zero-order valence-corrected chi connectivity index (χ0v) is 11.9. The normalized spacial score (nSPS) is 14.9. The minimum absolute atomic E-state index is 0.0323. The summed E-state index contributed by atoms with van der Waals surface area (Å²) >= 11 is 1.19. The maximum atomic E-state index is 13.6. The average molecular weight is 294 g/mol. The van der Waals surface area contributed by atoms with Gasteiger partial charge in [-0.05, 0) is 37.3 Å². The van der Waals surface area contributed by atoms with E-state index in [9.17, 15) is 9.18 Å². The van der Waals surface area contributed by atoms with Crippen molar-refractivity contribution in [2.75, 3.05) is 5.75 Å². The van der Waals surface area contributed by atoms with E-state index >= 15 is 0 Å². The molecule has 3 rings (SSSR count). The molecule has 1 aromatic heterocycles. The van der Waals surface area contributed by atoms with Gasteiger partial charge < -0.3 is 9.67 Å². The SMILES string of the molecule is Cc1cc2c(cc1F)nc(SCC(=O)O)n2CC1CC1. The Bertz CT molecular complexity index is 679. The lowest BCUT2D eigenvalue weighted by molar-refractivity contribution is -0.133. The summed E-state index contributed by atoms with van der Waals surface area (Å²) in [6.45, 7) is 2.57. The molecule has 0 atom stereocenters. The molecule has 0 spiro atoms. The van der Waals surface area contributed by atoms with Gasteiger partial charge in [0.25, 0.3) is 0 Å². The largest absolute Gasteiger partial charge is 0.481 e. The molecule has 1 heterocycles. The van der Waals surface area contributed by atoms with Crippen molar-refractivity contribution < 1.29 is 14.3 Å². The maximum Gasteiger partial charge on any atom is 0.313 e. The number of nitrogens with zero attached hydrogens (tertiary/aromatic N) is 2. The molecule has 0 aliphatic heterocycles. The van der Waals surface area contributed by atoms with E-state index in [0.29, 0.717) is 22.2 Å². The molecule has 1 aliphatic carbocycles. The minimum Gasteiger partial charge on any atom is -0.481 e. The third-order valence-corrected chi connectivity index (χ3v) is 4.42. The zero-order valence-electron chi connectivity index (χ0n) is 11.1. The number of imidazole rings is 1. The zero-order chi connectivity index (χ0) is 14.3. The van der Waals surface area contributed by atoms with Crippen LogP contribution in [0, 0.1) is 18.7 Å². The number of benzene rings is 1. The summed E-state index contributed by atoms with van der Waals surface area (Å²) in [5.41, 5.74) is 2.08. The second kappa shape index (κ2) is 5.09. The molecule has 0 unspecified atom stereocenters. The van der Waals surface area contributed by atoms with Crippen LogP contribution in [-0.2, 0) is 11.3 Å². The molecule has 1 aromatic carbocycles. The van der Waals surface area contributed by atoms with Crippen molar-refractivity contribution in [2.24, 2.45) is 5.92 Å². The van der Waals surface area contributed by atoms with Crippen molar-refractivity contribution in [3.05, 3.63) is 23.5 Å². The number of hydrogen-bond acceptors (Lipinski definition) is 3. The van der Waals surface area contributed by atoms with Crippen LogP contribution in [0.1, 0.15) is 18.4 Å². The van der Waals surface area contributed by atoms with E-state index in [-0.39, 0.29) is 11.6 Å². The number of carboxylic acid groups (broad SMARTS) is 1. The average Bonchev–Trinajstić information content (AvgIpc) is 3.14. The van der Waals surface area contributed by atoms with Gasteiger partial charge in [0.15, 0.2) is 5.16 Å². The number of aliphatic carboxylic acids is 1. The molecule has 0 radical (unpaired) electrons. The Morgan fingerprint density at radius 3 is 2.95 bits per heavy atom. The molecule has 106 valence electrons. The molecule has 1 N–H and O–H groups in total. The van der Waals surface area contributed by atoms with Gasteiger partial charge in [0.2, 0.25) is 0 Å². The topological polar surface area (TPSA) is 55.1 Å². The molecule has 6 heteroatoms. The van der Waals surface area contributed by atoms with Gasteiger partial charge in [-0.2, -0.15) is 0 Å². The van der Waals surface area contributed by atoms with Crippen LogP contribution >= 0.6 is 11.8 Å². The van der Waals surface area contributed by atoms with Crippen molar-refractivity contribution in [2.45, 2.75) is 31.5 Å². The van der Waals surface area contributed by atoms with Crippen LogP contribution in [0.2, 0.25) is 0 Å². The number of hydrogen-bond donors (Lipinski definition) is 1. The van der Waals surface area contributed by atoms with Crippen LogP contribution in [-0.4, -0.2) is 26.4 Å². The second-order valence-electron chi connectivity index (χ2n) is 5.22. The molecular formula is C14H15FN2O2S. The number of aryl methyl sites for hydroxylation is 1. The fourth-order valence-corrected chi connectivity index (χ4v) is 2.94. The summed E-state index contributed by atoms with van der Waals surface area (Å²) < 4.78 is 15.7. The van der Waals surface area contributed by atoms with Crippen LogP contribution in [0.15, 0.2) is 17.3 Å². The molecule has 0 bridgehead atoms. The molecule has 4 nitrogen and oxygen atoms in total. The van der Waals surface area contributed by atoms with E-state index in [4.69, 9.17) is 5.11 Å². The highest BCUT2D eigenvalue weighted by Gasteiger charge is 2.25. The lowest BCUT2D eigenvalue weighted by atomic mass is 10.2. The van der Waals surface area contributed by atoms with Crippen LogP contribution in [0.3, 0.4) is 0 Å². The standard InChI is InChI=1S/C14H15FN2O2S/c1-8-4-12-11(5-10(8)15)16-14(20-7-13(18)19)17(12)6-9-2-3-9/h4-5,9H,2-3,6-7H2,1H3,(H,18,19). The van der Waals surface area contributed by atoms with Crippen LogP contribution in [0.5, 0.6) is 0 Å². The van der Waals surface area contributed by atoms with Gasteiger partial charge >= 0.3 is 5.97 Å². The Kier molecular flexibility index (Phi) is 3.41. The van der Waals surface area contributed by atoms with E-state index in [1.165, 1.54) is 30.7 Å². The van der Waals surface area contributed by atoms with Gasteiger partial charge in [0, 0.05) is 12.6 Å². The van der Waals surface area contributed by atoms with Crippen molar-refractivity contribution in [1.29, 1.82) is 0 Å². The summed E-state index contributed by atoms with van der Waals surface area (Å²) in [5.74, 6) is -0.539. The van der Waals surface area contributed by atoms with Crippen LogP contribution < -0.4 is 0 Å². The molecule has 1 fully saturated rings. The molecule has 1 saturated carbocycles. The first-order valence-electron chi connectivity index (χ1n) is 6.55. The number of rotatable bonds is 5. The first kappa shape index (κ1) is 13.4. The number of carboxylic acids is 1. The monoisotopic (exact) mass is 294 g/mol. The third-order valence-electron chi connectivity index (χ3n) is 3.46. The predicted octanol–water partition coefficient (Wildman–Crippen LogP) is 3.07. The van der Waals surface area contributed by atoms with Gasteiger partial charge in [0.05, 0.1) is 16.8 Å². The Hall–Kier alpha value is -1.56. The van der Waals surface area contributed by atoms with Gasteiger partial charge in [-0.3, -0.25) is 4.79 Å². The van der Waals surface area contributed by atoms with Crippen molar-refractivity contribution in [1.82, 2.24) is 9.55 Å². The smallest absolute Gasteiger partial charge is 0.313 e. The molecule has 20 heavy (non-hydrogen) atoms. The van der Waals surface area contributed by atoms with Gasteiger partial charge in [-0.25, -0.2) is 9.37 Å². The predicted molar refractivity (Wildman–Crippen MR) is 75.5 cm³/mol. The number of fused-ring (bicyclic) bond motifs is 1. The number of aromatic nitrogens is 2. The minimum atomic E-state index is -0.873. The Morgan fingerprint density at radius 1 is 1.55 bits per heavy atom. The second-order valence-corrected chi connectivity index (χ2v) is 6.16. The van der Waals surface area contributed by atoms with E-state index < -0.39 is 5.97 Å². The number of halogens is 1. The fourth-order valence-electron chi connectivity index (χ4n) is 2.20. The van der Waals surface area contributed by atoms with Crippen molar-refractivity contribution in [3.8, 4) is 0 Å². The molecule has 0 amide bonds. The quantitative estimate of drug-likeness (QED) is 0.861. The molecule has 2 aromatic rings. The van der Waals surface area contributed by atoms with E-state index in [2.05, 4.69) is 4.98 Å². The highest BCUT2D eigenvalue weighted by molar-refractivity contribution is 7.99. The first-order valence-corrected chi connectivity index (χ1v) is 7.54. The Balaban J connectivity index is 2.03. The third kappa shape index (κ3) is 2.65. The number of carbonyl (C=O) groups is 1. The maximum absolute atomic E-state index is 13.6. The highest BCUT2D eigenvalue weighted by Crippen LogP contribution is 2.34.